The first-order chi connectivity index (χ1) is 12.7. The van der Waals surface area contributed by atoms with Crippen LogP contribution in [0.2, 0.25) is 0 Å². The molecule has 1 fully saturated rings. The highest BCUT2D eigenvalue weighted by Crippen LogP contribution is 2.41. The van der Waals surface area contributed by atoms with Crippen molar-refractivity contribution in [2.45, 2.75) is 38.3 Å². The van der Waals surface area contributed by atoms with Gasteiger partial charge >= 0.3 is 0 Å². The zero-order valence-corrected chi connectivity index (χ0v) is 15.4. The van der Waals surface area contributed by atoms with Crippen LogP contribution >= 0.6 is 11.3 Å². The van der Waals surface area contributed by atoms with E-state index in [1.54, 1.807) is 11.3 Å². The summed E-state index contributed by atoms with van der Waals surface area (Å²) in [7, 11) is 0. The summed E-state index contributed by atoms with van der Waals surface area (Å²) in [4.78, 5) is 16.1. The number of carbonyl (C=O) groups excluding carboxylic acids is 1. The highest BCUT2D eigenvalue weighted by Gasteiger charge is 2.35. The molecule has 0 unspecified atom stereocenters. The molecule has 2 aromatic heterocycles. The Morgan fingerprint density at radius 1 is 1.15 bits per heavy atom. The molecule has 1 aromatic carbocycles. The van der Waals surface area contributed by atoms with Crippen molar-refractivity contribution in [2.24, 2.45) is 0 Å². The smallest absolute Gasteiger partial charge is 0.254 e. The van der Waals surface area contributed by atoms with Gasteiger partial charge in [-0.25, -0.2) is 0 Å². The van der Waals surface area contributed by atoms with E-state index in [4.69, 9.17) is 0 Å². The number of aromatic nitrogens is 3. The lowest BCUT2D eigenvalue weighted by Gasteiger charge is -2.32. The van der Waals surface area contributed by atoms with E-state index < -0.39 is 0 Å². The SMILES string of the molecule is C[C@H]1CN(C(=O)c2ccc(-c3cccs3)cc2)Cc2nnc(C3CC3)n21. The predicted octanol–water partition coefficient (Wildman–Crippen LogP) is 4.10. The lowest BCUT2D eigenvalue weighted by Crippen LogP contribution is -2.40. The van der Waals surface area contributed by atoms with Gasteiger partial charge < -0.3 is 9.47 Å². The van der Waals surface area contributed by atoms with E-state index in [0.717, 1.165) is 22.8 Å². The molecule has 6 heteroatoms. The molecule has 1 saturated carbocycles. The van der Waals surface area contributed by atoms with Crippen LogP contribution in [0.5, 0.6) is 0 Å². The van der Waals surface area contributed by atoms with Crippen LogP contribution in [0.25, 0.3) is 10.4 Å². The van der Waals surface area contributed by atoms with Crippen molar-refractivity contribution in [3.8, 4) is 10.4 Å². The van der Waals surface area contributed by atoms with Gasteiger partial charge in [0.2, 0.25) is 0 Å². The molecule has 0 radical (unpaired) electrons. The number of hydrogen-bond donors (Lipinski definition) is 0. The number of nitrogens with zero attached hydrogens (tertiary/aromatic N) is 4. The maximum absolute atomic E-state index is 13.0. The van der Waals surface area contributed by atoms with E-state index in [0.29, 0.717) is 19.0 Å². The molecule has 3 aromatic rings. The molecule has 1 aliphatic heterocycles. The highest BCUT2D eigenvalue weighted by atomic mass is 32.1. The van der Waals surface area contributed by atoms with Gasteiger partial charge in [0.05, 0.1) is 12.6 Å². The summed E-state index contributed by atoms with van der Waals surface area (Å²) in [5.41, 5.74) is 1.88. The summed E-state index contributed by atoms with van der Waals surface area (Å²) in [6, 6.07) is 12.3. The lowest BCUT2D eigenvalue weighted by molar-refractivity contribution is 0.0679. The normalized spacial score (nSPS) is 19.4. The predicted molar refractivity (Wildman–Crippen MR) is 101 cm³/mol. The quantitative estimate of drug-likeness (QED) is 0.703. The molecule has 5 rings (SSSR count). The summed E-state index contributed by atoms with van der Waals surface area (Å²) in [5, 5.41) is 10.8. The molecule has 3 heterocycles. The van der Waals surface area contributed by atoms with Crippen molar-refractivity contribution in [1.29, 1.82) is 0 Å². The maximum atomic E-state index is 13.0. The van der Waals surface area contributed by atoms with Gasteiger partial charge in [0, 0.05) is 22.9 Å². The zero-order valence-electron chi connectivity index (χ0n) is 14.6. The average molecular weight is 364 g/mol. The average Bonchev–Trinajstić information content (AvgIpc) is 3.19. The number of fused-ring (bicyclic) bond motifs is 1. The molecule has 5 nitrogen and oxygen atoms in total. The van der Waals surface area contributed by atoms with Crippen LogP contribution in [0, 0.1) is 0 Å². The number of amides is 1. The maximum Gasteiger partial charge on any atom is 0.254 e. The van der Waals surface area contributed by atoms with Gasteiger partial charge in [-0.1, -0.05) is 18.2 Å². The summed E-state index contributed by atoms with van der Waals surface area (Å²) in [6.45, 7) is 3.39. The molecule has 1 amide bonds. The monoisotopic (exact) mass is 364 g/mol. The van der Waals surface area contributed by atoms with Gasteiger partial charge in [0.1, 0.15) is 5.82 Å². The Labute approximate surface area is 156 Å². The van der Waals surface area contributed by atoms with E-state index in [2.05, 4.69) is 33.1 Å². The molecular formula is C20H20N4OS. The Morgan fingerprint density at radius 3 is 2.65 bits per heavy atom. The third-order valence-electron chi connectivity index (χ3n) is 5.22. The van der Waals surface area contributed by atoms with Crippen molar-refractivity contribution in [1.82, 2.24) is 19.7 Å². The van der Waals surface area contributed by atoms with E-state index >= 15 is 0 Å². The van der Waals surface area contributed by atoms with E-state index in [1.165, 1.54) is 17.7 Å². The van der Waals surface area contributed by atoms with Gasteiger partial charge in [-0.15, -0.1) is 21.5 Å². The third kappa shape index (κ3) is 2.65. The standard InChI is InChI=1S/C20H20N4OS/c1-13-11-23(12-18-21-22-19(24(13)18)15-6-7-15)20(25)16-8-4-14(5-9-16)17-3-2-10-26-17/h2-5,8-10,13,15H,6-7,11-12H2,1H3/t13-/m0/s1. The summed E-state index contributed by atoms with van der Waals surface area (Å²) >= 11 is 1.71. The Kier molecular flexibility index (Phi) is 3.67. The molecule has 0 saturated heterocycles. The second kappa shape index (κ2) is 6.06. The zero-order chi connectivity index (χ0) is 17.7. The third-order valence-corrected chi connectivity index (χ3v) is 6.14. The molecule has 1 aliphatic carbocycles. The summed E-state index contributed by atoms with van der Waals surface area (Å²) in [5.74, 6) is 2.66. The van der Waals surface area contributed by atoms with Crippen molar-refractivity contribution in [2.75, 3.05) is 6.54 Å². The fraction of sp³-hybridized carbons (Fsp3) is 0.350. The Morgan fingerprint density at radius 2 is 1.96 bits per heavy atom. The fourth-order valence-electron chi connectivity index (χ4n) is 3.74. The molecule has 26 heavy (non-hydrogen) atoms. The lowest BCUT2D eigenvalue weighted by atomic mass is 10.1. The highest BCUT2D eigenvalue weighted by molar-refractivity contribution is 7.13. The molecular weight excluding hydrogens is 344 g/mol. The Hall–Kier alpha value is -2.47. The van der Waals surface area contributed by atoms with Crippen LogP contribution in [-0.2, 0) is 6.54 Å². The first kappa shape index (κ1) is 15.8. The first-order valence-corrected chi connectivity index (χ1v) is 9.95. The molecule has 0 bridgehead atoms. The van der Waals surface area contributed by atoms with Gasteiger partial charge in [0.15, 0.2) is 5.82 Å². The van der Waals surface area contributed by atoms with E-state index in [1.807, 2.05) is 35.2 Å². The fourth-order valence-corrected chi connectivity index (χ4v) is 4.47. The van der Waals surface area contributed by atoms with Crippen LogP contribution in [0.4, 0.5) is 0 Å². The van der Waals surface area contributed by atoms with Gasteiger partial charge in [-0.2, -0.15) is 0 Å². The summed E-state index contributed by atoms with van der Waals surface area (Å²) in [6.07, 6.45) is 2.42. The molecule has 0 spiro atoms. The molecule has 132 valence electrons. The summed E-state index contributed by atoms with van der Waals surface area (Å²) < 4.78 is 2.25. The minimum atomic E-state index is 0.0665. The topological polar surface area (TPSA) is 51.0 Å². The van der Waals surface area contributed by atoms with Crippen molar-refractivity contribution in [3.63, 3.8) is 0 Å². The Balaban J connectivity index is 1.37. The van der Waals surface area contributed by atoms with Crippen LogP contribution < -0.4 is 0 Å². The molecule has 2 aliphatic rings. The van der Waals surface area contributed by atoms with Crippen molar-refractivity contribution in [3.05, 3.63) is 59.0 Å². The van der Waals surface area contributed by atoms with Crippen molar-refractivity contribution >= 4 is 17.2 Å². The first-order valence-electron chi connectivity index (χ1n) is 9.07. The number of thiophene rings is 1. The largest absolute Gasteiger partial charge is 0.329 e. The number of benzene rings is 1. The minimum absolute atomic E-state index is 0.0665. The number of carbonyl (C=O) groups is 1. The number of rotatable bonds is 3. The van der Waals surface area contributed by atoms with Crippen LogP contribution in [0.1, 0.15) is 53.7 Å². The number of hydrogen-bond acceptors (Lipinski definition) is 4. The van der Waals surface area contributed by atoms with Gasteiger partial charge in [0.25, 0.3) is 5.91 Å². The van der Waals surface area contributed by atoms with Gasteiger partial charge in [-0.3, -0.25) is 4.79 Å². The van der Waals surface area contributed by atoms with Crippen molar-refractivity contribution < 1.29 is 4.79 Å². The molecule has 1 atom stereocenters. The second-order valence-electron chi connectivity index (χ2n) is 7.21. The van der Waals surface area contributed by atoms with Crippen LogP contribution in [0.3, 0.4) is 0 Å². The minimum Gasteiger partial charge on any atom is -0.329 e. The van der Waals surface area contributed by atoms with E-state index in [-0.39, 0.29) is 11.9 Å². The Bertz CT molecular complexity index is 941. The van der Waals surface area contributed by atoms with Gasteiger partial charge in [-0.05, 0) is 48.9 Å². The second-order valence-corrected chi connectivity index (χ2v) is 8.16. The van der Waals surface area contributed by atoms with Crippen LogP contribution in [-0.4, -0.2) is 32.1 Å². The molecule has 0 N–H and O–H groups in total. The van der Waals surface area contributed by atoms with Crippen LogP contribution in [0.15, 0.2) is 41.8 Å². The van der Waals surface area contributed by atoms with E-state index in [9.17, 15) is 4.79 Å².